The Kier molecular flexibility index (Phi) is 7.53. The van der Waals surface area contributed by atoms with Gasteiger partial charge in [0.25, 0.3) is 5.91 Å². The van der Waals surface area contributed by atoms with E-state index in [4.69, 9.17) is 33.0 Å². The maximum absolute atomic E-state index is 12.6. The van der Waals surface area contributed by atoms with Crippen molar-refractivity contribution >= 4 is 57.3 Å². The molecule has 1 aromatic heterocycles. The quantitative estimate of drug-likeness (QED) is 0.291. The summed E-state index contributed by atoms with van der Waals surface area (Å²) >= 11 is 11.3. The number of hydrogen-bond donors (Lipinski definition) is 2. The summed E-state index contributed by atoms with van der Waals surface area (Å²) in [5.41, 5.74) is 4.32. The van der Waals surface area contributed by atoms with Crippen LogP contribution in [0.15, 0.2) is 65.1 Å². The van der Waals surface area contributed by atoms with Gasteiger partial charge in [-0.2, -0.15) is 0 Å². The second-order valence-electron chi connectivity index (χ2n) is 7.67. The van der Waals surface area contributed by atoms with Crippen LogP contribution in [0.25, 0.3) is 22.6 Å². The molecule has 180 valence electrons. The van der Waals surface area contributed by atoms with Crippen LogP contribution in [-0.2, 0) is 0 Å². The summed E-state index contributed by atoms with van der Waals surface area (Å²) in [5, 5.41) is 6.20. The standard InChI is InChI=1S/C26H25ClN4O3S/c1-4-31(5-2)19-10-6-16(7-11-19)25-29-21-15-18(9-13-23(21)34-25)28-26(35)30-24(32)20-14-17(27)8-12-22(20)33-3/h6-15H,4-5H2,1-3H3,(H2,28,30,32,35). The number of anilines is 2. The lowest BCUT2D eigenvalue weighted by atomic mass is 10.2. The van der Waals surface area contributed by atoms with Gasteiger partial charge in [-0.1, -0.05) is 11.6 Å². The number of rotatable bonds is 7. The monoisotopic (exact) mass is 508 g/mol. The molecule has 0 saturated carbocycles. The normalized spacial score (nSPS) is 10.7. The summed E-state index contributed by atoms with van der Waals surface area (Å²) in [6.07, 6.45) is 0. The fourth-order valence-corrected chi connectivity index (χ4v) is 4.11. The summed E-state index contributed by atoms with van der Waals surface area (Å²) in [7, 11) is 1.48. The number of hydrogen-bond acceptors (Lipinski definition) is 6. The molecule has 35 heavy (non-hydrogen) atoms. The van der Waals surface area contributed by atoms with Crippen molar-refractivity contribution in [3.63, 3.8) is 0 Å². The number of benzene rings is 3. The number of amides is 1. The lowest BCUT2D eigenvalue weighted by molar-refractivity contribution is 0.0975. The molecule has 0 fully saturated rings. The highest BCUT2D eigenvalue weighted by molar-refractivity contribution is 7.80. The number of thiocarbonyl (C=S) groups is 1. The summed E-state index contributed by atoms with van der Waals surface area (Å²) in [5.74, 6) is 0.503. The lowest BCUT2D eigenvalue weighted by Crippen LogP contribution is -2.34. The second kappa shape index (κ2) is 10.8. The van der Waals surface area contributed by atoms with Crippen LogP contribution in [0.2, 0.25) is 5.02 Å². The molecule has 0 aliphatic rings. The Morgan fingerprint density at radius 1 is 1.09 bits per heavy atom. The van der Waals surface area contributed by atoms with E-state index in [1.165, 1.54) is 13.2 Å². The minimum Gasteiger partial charge on any atom is -0.496 e. The summed E-state index contributed by atoms with van der Waals surface area (Å²) < 4.78 is 11.2. The largest absolute Gasteiger partial charge is 0.496 e. The van der Waals surface area contributed by atoms with E-state index in [1.807, 2.05) is 24.3 Å². The van der Waals surface area contributed by atoms with Crippen molar-refractivity contribution in [1.29, 1.82) is 0 Å². The third kappa shape index (κ3) is 5.55. The zero-order chi connectivity index (χ0) is 24.9. The molecular weight excluding hydrogens is 484 g/mol. The van der Waals surface area contributed by atoms with Crippen LogP contribution >= 0.6 is 23.8 Å². The van der Waals surface area contributed by atoms with Gasteiger partial charge in [0, 0.05) is 35.1 Å². The predicted molar refractivity (Wildman–Crippen MR) is 145 cm³/mol. The van der Waals surface area contributed by atoms with E-state index in [2.05, 4.69) is 46.5 Å². The molecule has 9 heteroatoms. The Morgan fingerprint density at radius 3 is 2.51 bits per heavy atom. The van der Waals surface area contributed by atoms with Gasteiger partial charge in [-0.25, -0.2) is 4.98 Å². The number of oxazole rings is 1. The molecular formula is C26H25ClN4O3S. The van der Waals surface area contributed by atoms with E-state index in [1.54, 1.807) is 18.2 Å². The molecule has 0 radical (unpaired) electrons. The van der Waals surface area contributed by atoms with Crippen molar-refractivity contribution in [3.05, 3.63) is 71.2 Å². The van der Waals surface area contributed by atoms with E-state index in [0.29, 0.717) is 33.4 Å². The molecule has 3 aromatic carbocycles. The van der Waals surface area contributed by atoms with E-state index < -0.39 is 5.91 Å². The Balaban J connectivity index is 1.47. The van der Waals surface area contributed by atoms with Crippen LogP contribution < -0.4 is 20.3 Å². The Labute approximate surface area is 214 Å². The highest BCUT2D eigenvalue weighted by Crippen LogP contribution is 2.28. The Hall–Kier alpha value is -3.62. The summed E-state index contributed by atoms with van der Waals surface area (Å²) in [6.45, 7) is 6.16. The molecule has 2 N–H and O–H groups in total. The van der Waals surface area contributed by atoms with Gasteiger partial charge in [-0.3, -0.25) is 10.1 Å². The van der Waals surface area contributed by atoms with Crippen molar-refractivity contribution < 1.29 is 13.9 Å². The van der Waals surface area contributed by atoms with Crippen LogP contribution in [0.1, 0.15) is 24.2 Å². The number of carbonyl (C=O) groups is 1. The second-order valence-corrected chi connectivity index (χ2v) is 8.52. The average molecular weight is 509 g/mol. The highest BCUT2D eigenvalue weighted by Gasteiger charge is 2.15. The van der Waals surface area contributed by atoms with Crippen LogP contribution in [0.4, 0.5) is 11.4 Å². The van der Waals surface area contributed by atoms with Gasteiger partial charge in [-0.05, 0) is 86.7 Å². The number of nitrogens with one attached hydrogen (secondary N) is 2. The molecule has 0 aliphatic heterocycles. The smallest absolute Gasteiger partial charge is 0.261 e. The molecule has 0 spiro atoms. The van der Waals surface area contributed by atoms with Crippen LogP contribution in [0.3, 0.4) is 0 Å². The van der Waals surface area contributed by atoms with Crippen molar-refractivity contribution in [3.8, 4) is 17.2 Å². The number of fused-ring (bicyclic) bond motifs is 1. The molecule has 0 bridgehead atoms. The first-order valence-electron chi connectivity index (χ1n) is 11.1. The summed E-state index contributed by atoms with van der Waals surface area (Å²) in [4.78, 5) is 19.5. The number of ether oxygens (including phenoxy) is 1. The first-order chi connectivity index (χ1) is 16.9. The molecule has 4 aromatic rings. The first kappa shape index (κ1) is 24.5. The molecule has 1 heterocycles. The fraction of sp³-hybridized carbons (Fsp3) is 0.192. The molecule has 1 amide bonds. The minimum atomic E-state index is -0.431. The Bertz CT molecular complexity index is 1370. The molecule has 0 atom stereocenters. The summed E-state index contributed by atoms with van der Waals surface area (Å²) in [6, 6.07) is 18.4. The average Bonchev–Trinajstić information content (AvgIpc) is 3.28. The van der Waals surface area contributed by atoms with E-state index >= 15 is 0 Å². The van der Waals surface area contributed by atoms with E-state index in [0.717, 1.165) is 24.3 Å². The Morgan fingerprint density at radius 2 is 1.83 bits per heavy atom. The van der Waals surface area contributed by atoms with Crippen molar-refractivity contribution in [2.75, 3.05) is 30.4 Å². The topological polar surface area (TPSA) is 79.6 Å². The maximum atomic E-state index is 12.6. The molecule has 0 unspecified atom stereocenters. The van der Waals surface area contributed by atoms with Gasteiger partial charge >= 0.3 is 0 Å². The predicted octanol–water partition coefficient (Wildman–Crippen LogP) is 6.13. The van der Waals surface area contributed by atoms with Crippen molar-refractivity contribution in [2.24, 2.45) is 0 Å². The van der Waals surface area contributed by atoms with Gasteiger partial charge < -0.3 is 19.4 Å². The van der Waals surface area contributed by atoms with Crippen LogP contribution in [0, 0.1) is 0 Å². The zero-order valence-electron chi connectivity index (χ0n) is 19.6. The number of aromatic nitrogens is 1. The third-order valence-electron chi connectivity index (χ3n) is 5.52. The van der Waals surface area contributed by atoms with Gasteiger partial charge in [-0.15, -0.1) is 0 Å². The van der Waals surface area contributed by atoms with Gasteiger partial charge in [0.15, 0.2) is 10.7 Å². The van der Waals surface area contributed by atoms with Gasteiger partial charge in [0.1, 0.15) is 11.3 Å². The van der Waals surface area contributed by atoms with Gasteiger partial charge in [0.2, 0.25) is 5.89 Å². The number of carbonyl (C=O) groups excluding carboxylic acids is 1. The zero-order valence-corrected chi connectivity index (χ0v) is 21.2. The number of methoxy groups -OCH3 is 1. The van der Waals surface area contributed by atoms with Crippen molar-refractivity contribution in [1.82, 2.24) is 10.3 Å². The number of halogens is 1. The van der Waals surface area contributed by atoms with Crippen LogP contribution in [0.5, 0.6) is 5.75 Å². The van der Waals surface area contributed by atoms with E-state index in [-0.39, 0.29) is 10.7 Å². The van der Waals surface area contributed by atoms with E-state index in [9.17, 15) is 4.79 Å². The van der Waals surface area contributed by atoms with Gasteiger partial charge in [0.05, 0.1) is 12.7 Å². The minimum absolute atomic E-state index is 0.132. The molecule has 0 saturated heterocycles. The first-order valence-corrected chi connectivity index (χ1v) is 11.9. The highest BCUT2D eigenvalue weighted by atomic mass is 35.5. The maximum Gasteiger partial charge on any atom is 0.261 e. The molecule has 7 nitrogen and oxygen atoms in total. The molecule has 0 aliphatic carbocycles. The number of nitrogens with zero attached hydrogens (tertiary/aromatic N) is 2. The molecule has 4 rings (SSSR count). The lowest BCUT2D eigenvalue weighted by Gasteiger charge is -2.20. The fourth-order valence-electron chi connectivity index (χ4n) is 3.72. The third-order valence-corrected chi connectivity index (χ3v) is 5.96. The van der Waals surface area contributed by atoms with Crippen molar-refractivity contribution in [2.45, 2.75) is 13.8 Å². The van der Waals surface area contributed by atoms with Crippen LogP contribution in [-0.4, -0.2) is 36.2 Å². The SMILES string of the molecule is CCN(CC)c1ccc(-c2nc3cc(NC(=S)NC(=O)c4cc(Cl)ccc4OC)ccc3o2)cc1.